The molecule has 1 amide bonds. The highest BCUT2D eigenvalue weighted by Gasteiger charge is 2.22. The van der Waals surface area contributed by atoms with E-state index in [1.54, 1.807) is 23.1 Å². The van der Waals surface area contributed by atoms with Gasteiger partial charge in [-0.1, -0.05) is 49.2 Å². The average molecular weight is 434 g/mol. The highest BCUT2D eigenvalue weighted by molar-refractivity contribution is 7.99. The van der Waals surface area contributed by atoms with Gasteiger partial charge in [0.15, 0.2) is 0 Å². The average Bonchev–Trinajstić information content (AvgIpc) is 3.12. The molecule has 152 valence electrons. The Morgan fingerprint density at radius 3 is 2.67 bits per heavy atom. The second-order valence-electron chi connectivity index (χ2n) is 7.75. The maximum absolute atomic E-state index is 12.9. The van der Waals surface area contributed by atoms with Gasteiger partial charge < -0.3 is 11.1 Å². The van der Waals surface area contributed by atoms with Gasteiger partial charge in [0.1, 0.15) is 0 Å². The minimum Gasteiger partial charge on any atom is -0.397 e. The number of hydrogen-bond donors (Lipinski definition) is 2. The molecular formula is C24H23N3OS2. The van der Waals surface area contributed by atoms with E-state index in [2.05, 4.69) is 17.4 Å². The molecule has 0 radical (unpaired) electrons. The fraction of sp³-hybridized carbons (Fsp3) is 0.250. The van der Waals surface area contributed by atoms with Gasteiger partial charge in [0.2, 0.25) is 0 Å². The van der Waals surface area contributed by atoms with E-state index in [4.69, 9.17) is 10.7 Å². The lowest BCUT2D eigenvalue weighted by atomic mass is 9.95. The normalized spacial score (nSPS) is 16.2. The van der Waals surface area contributed by atoms with E-state index in [0.29, 0.717) is 5.56 Å². The van der Waals surface area contributed by atoms with Gasteiger partial charge in [-0.2, -0.15) is 0 Å². The number of hydrogen-bond acceptors (Lipinski definition) is 5. The summed E-state index contributed by atoms with van der Waals surface area (Å²) in [6, 6.07) is 16.3. The highest BCUT2D eigenvalue weighted by atomic mass is 32.2. The van der Waals surface area contributed by atoms with Crippen molar-refractivity contribution in [3.05, 3.63) is 69.9 Å². The number of carbonyl (C=O) groups is 1. The largest absolute Gasteiger partial charge is 0.397 e. The molecule has 0 spiro atoms. The third kappa shape index (κ3) is 3.77. The predicted molar refractivity (Wildman–Crippen MR) is 125 cm³/mol. The van der Waals surface area contributed by atoms with Crippen molar-refractivity contribution in [2.75, 3.05) is 5.73 Å². The fourth-order valence-corrected chi connectivity index (χ4v) is 5.91. The summed E-state index contributed by atoms with van der Waals surface area (Å²) in [6.07, 6.45) is 5.80. The number of anilines is 1. The van der Waals surface area contributed by atoms with Crippen LogP contribution in [-0.2, 0) is 0 Å². The zero-order chi connectivity index (χ0) is 20.5. The number of nitrogens with zero attached hydrogens (tertiary/aromatic N) is 1. The molecule has 2 heterocycles. The van der Waals surface area contributed by atoms with E-state index in [1.165, 1.54) is 19.3 Å². The number of nitrogens with one attached hydrogen (secondary N) is 1. The Kier molecular flexibility index (Phi) is 5.35. The summed E-state index contributed by atoms with van der Waals surface area (Å²) in [5.41, 5.74) is 10.4. The first-order valence-corrected chi connectivity index (χ1v) is 12.0. The van der Waals surface area contributed by atoms with Gasteiger partial charge in [0.05, 0.1) is 22.0 Å². The van der Waals surface area contributed by atoms with Gasteiger partial charge in [-0.25, -0.2) is 4.99 Å². The molecule has 1 aliphatic heterocycles. The number of amides is 1. The second kappa shape index (κ2) is 8.28. The summed E-state index contributed by atoms with van der Waals surface area (Å²) in [7, 11) is 0. The second-order valence-corrected chi connectivity index (χ2v) is 9.75. The number of rotatable bonds is 3. The third-order valence-electron chi connectivity index (χ3n) is 5.67. The summed E-state index contributed by atoms with van der Waals surface area (Å²) >= 11 is 3.28. The van der Waals surface area contributed by atoms with E-state index in [9.17, 15) is 4.79 Å². The molecule has 2 aliphatic rings. The van der Waals surface area contributed by atoms with Gasteiger partial charge >= 0.3 is 0 Å². The number of nitrogen functional groups attached to an aromatic ring is 1. The van der Waals surface area contributed by atoms with E-state index in [1.807, 2.05) is 41.8 Å². The zero-order valence-electron chi connectivity index (χ0n) is 16.6. The van der Waals surface area contributed by atoms with Crippen molar-refractivity contribution in [1.82, 2.24) is 5.32 Å². The van der Waals surface area contributed by atoms with E-state index >= 15 is 0 Å². The van der Waals surface area contributed by atoms with Crippen molar-refractivity contribution in [1.29, 1.82) is 0 Å². The Balaban J connectivity index is 1.54. The molecule has 1 fully saturated rings. The third-order valence-corrected chi connectivity index (χ3v) is 7.74. The molecule has 0 bridgehead atoms. The molecule has 1 aromatic heterocycles. The van der Waals surface area contributed by atoms with Crippen LogP contribution in [0.15, 0.2) is 68.7 Å². The van der Waals surface area contributed by atoms with E-state index in [-0.39, 0.29) is 11.9 Å². The van der Waals surface area contributed by atoms with Crippen LogP contribution >= 0.6 is 23.1 Å². The summed E-state index contributed by atoms with van der Waals surface area (Å²) in [4.78, 5) is 21.1. The predicted octanol–water partition coefficient (Wildman–Crippen LogP) is 6.03. The Labute approximate surface area is 184 Å². The SMILES string of the molecule is Nc1ccsc1C1=Nc2cc(C(=O)NC3CCCCC3)ccc2Sc2ccccc21. The first kappa shape index (κ1) is 19.4. The molecule has 6 heteroatoms. The molecule has 2 aromatic carbocycles. The Hall–Kier alpha value is -2.57. The zero-order valence-corrected chi connectivity index (χ0v) is 18.2. The van der Waals surface area contributed by atoms with Gasteiger partial charge in [-0.15, -0.1) is 11.3 Å². The maximum Gasteiger partial charge on any atom is 0.251 e. The molecule has 30 heavy (non-hydrogen) atoms. The van der Waals surface area contributed by atoms with Crippen molar-refractivity contribution in [3.8, 4) is 0 Å². The number of thiophene rings is 1. The minimum atomic E-state index is -0.0103. The Morgan fingerprint density at radius 2 is 1.87 bits per heavy atom. The van der Waals surface area contributed by atoms with Gasteiger partial charge in [-0.3, -0.25) is 4.79 Å². The van der Waals surface area contributed by atoms with Gasteiger partial charge in [0, 0.05) is 27.0 Å². The van der Waals surface area contributed by atoms with Crippen molar-refractivity contribution >= 4 is 46.1 Å². The minimum absolute atomic E-state index is 0.0103. The van der Waals surface area contributed by atoms with Crippen molar-refractivity contribution < 1.29 is 4.79 Å². The topological polar surface area (TPSA) is 67.5 Å². The number of aliphatic imine (C=N–C) groups is 1. The molecule has 0 unspecified atom stereocenters. The van der Waals surface area contributed by atoms with Crippen molar-refractivity contribution in [2.45, 2.75) is 47.9 Å². The van der Waals surface area contributed by atoms with Crippen molar-refractivity contribution in [2.24, 2.45) is 4.99 Å². The van der Waals surface area contributed by atoms with Gasteiger partial charge in [-0.05, 0) is 48.6 Å². The standard InChI is InChI=1S/C24H23N3OS2/c25-18-12-13-29-23(18)22-17-8-4-5-9-20(17)30-21-11-10-15(14-19(21)27-22)24(28)26-16-6-2-1-3-7-16/h4-5,8-14,16H,1-3,6-7,25H2,(H,26,28). The van der Waals surface area contributed by atoms with Crippen LogP contribution in [0.2, 0.25) is 0 Å². The van der Waals surface area contributed by atoms with Crippen LogP contribution in [0.4, 0.5) is 11.4 Å². The molecule has 4 nitrogen and oxygen atoms in total. The van der Waals surface area contributed by atoms with Crippen LogP contribution in [0.1, 0.15) is 52.9 Å². The van der Waals surface area contributed by atoms with Crippen LogP contribution in [0.5, 0.6) is 0 Å². The first-order valence-electron chi connectivity index (χ1n) is 10.3. The van der Waals surface area contributed by atoms with Gasteiger partial charge in [0.25, 0.3) is 5.91 Å². The molecule has 1 saturated carbocycles. The van der Waals surface area contributed by atoms with E-state index in [0.717, 1.165) is 50.2 Å². The molecule has 3 N–H and O–H groups in total. The number of carbonyl (C=O) groups excluding carboxylic acids is 1. The highest BCUT2D eigenvalue weighted by Crippen LogP contribution is 2.42. The number of nitrogens with two attached hydrogens (primary N) is 1. The maximum atomic E-state index is 12.9. The van der Waals surface area contributed by atoms with Crippen molar-refractivity contribution in [3.63, 3.8) is 0 Å². The molecule has 0 saturated heterocycles. The smallest absolute Gasteiger partial charge is 0.251 e. The number of fused-ring (bicyclic) bond motifs is 2. The lowest BCUT2D eigenvalue weighted by Gasteiger charge is -2.22. The molecular weight excluding hydrogens is 410 g/mol. The molecule has 3 aromatic rings. The number of benzene rings is 2. The van der Waals surface area contributed by atoms with Crippen LogP contribution in [-0.4, -0.2) is 17.7 Å². The monoisotopic (exact) mass is 433 g/mol. The molecule has 1 aliphatic carbocycles. The van der Waals surface area contributed by atoms with Crippen LogP contribution < -0.4 is 11.1 Å². The molecule has 0 atom stereocenters. The lowest BCUT2D eigenvalue weighted by Crippen LogP contribution is -2.36. The van der Waals surface area contributed by atoms with Crippen LogP contribution in [0.3, 0.4) is 0 Å². The summed E-state index contributed by atoms with van der Waals surface area (Å²) in [5, 5.41) is 5.20. The van der Waals surface area contributed by atoms with Crippen LogP contribution in [0, 0.1) is 0 Å². The molecule has 5 rings (SSSR count). The Bertz CT molecular complexity index is 1130. The summed E-state index contributed by atoms with van der Waals surface area (Å²) in [6.45, 7) is 0. The lowest BCUT2D eigenvalue weighted by molar-refractivity contribution is 0.0927. The van der Waals surface area contributed by atoms with E-state index < -0.39 is 0 Å². The summed E-state index contributed by atoms with van der Waals surface area (Å²) in [5.74, 6) is -0.0103. The quantitative estimate of drug-likeness (QED) is 0.415. The fourth-order valence-electron chi connectivity index (χ4n) is 4.08. The summed E-state index contributed by atoms with van der Waals surface area (Å²) < 4.78 is 0. The first-order chi connectivity index (χ1) is 14.7. The van der Waals surface area contributed by atoms with Crippen LogP contribution in [0.25, 0.3) is 0 Å². The Morgan fingerprint density at radius 1 is 1.03 bits per heavy atom.